The third-order valence-corrected chi connectivity index (χ3v) is 3.40. The molecular formula is C18H38O3. The van der Waals surface area contributed by atoms with Gasteiger partial charge in [0.05, 0.1) is 5.41 Å². The van der Waals surface area contributed by atoms with Gasteiger partial charge in [0, 0.05) is 6.61 Å². The van der Waals surface area contributed by atoms with Crippen molar-refractivity contribution in [2.75, 3.05) is 6.61 Å². The standard InChI is InChI=1S/C13H28O.C5H10O2/c1-2-3-4-5-6-7-8-9-10-11-12-13-14;1-5(2,3)4(6)7/h14H,2-13H2,1H3;1-3H3,(H,6,7). The molecule has 3 nitrogen and oxygen atoms in total. The number of carboxylic acids is 1. The SMILES string of the molecule is CC(C)(C)C(=O)O.CCCCCCCCCCCCCO. The lowest BCUT2D eigenvalue weighted by Gasteiger charge is -2.08. The minimum Gasteiger partial charge on any atom is -0.481 e. The Morgan fingerprint density at radius 1 is 0.762 bits per heavy atom. The van der Waals surface area contributed by atoms with Crippen LogP contribution >= 0.6 is 0 Å². The average molecular weight is 302 g/mol. The van der Waals surface area contributed by atoms with Crippen molar-refractivity contribution >= 4 is 5.97 Å². The first-order chi connectivity index (χ1) is 9.86. The van der Waals surface area contributed by atoms with E-state index in [0.29, 0.717) is 6.61 Å². The van der Waals surface area contributed by atoms with E-state index in [1.54, 1.807) is 20.8 Å². The Balaban J connectivity index is 0. The van der Waals surface area contributed by atoms with E-state index in [4.69, 9.17) is 10.2 Å². The second kappa shape index (κ2) is 15.8. The maximum atomic E-state index is 10.0. The van der Waals surface area contributed by atoms with Gasteiger partial charge in [-0.15, -0.1) is 0 Å². The molecule has 0 aromatic rings. The number of carbonyl (C=O) groups is 1. The first kappa shape index (κ1) is 22.7. The molecule has 0 heterocycles. The molecule has 0 atom stereocenters. The number of aliphatic hydroxyl groups excluding tert-OH is 1. The molecule has 0 aliphatic carbocycles. The minimum absolute atomic E-state index is 0.372. The van der Waals surface area contributed by atoms with Crippen LogP contribution in [0.2, 0.25) is 0 Å². The summed E-state index contributed by atoms with van der Waals surface area (Å²) in [6, 6.07) is 0. The molecular weight excluding hydrogens is 264 g/mol. The number of unbranched alkanes of at least 4 members (excludes halogenated alkanes) is 10. The van der Waals surface area contributed by atoms with E-state index in [0.717, 1.165) is 6.42 Å². The van der Waals surface area contributed by atoms with Gasteiger partial charge >= 0.3 is 5.97 Å². The Kier molecular flexibility index (Phi) is 17.1. The zero-order valence-electron chi connectivity index (χ0n) is 14.8. The van der Waals surface area contributed by atoms with Crippen LogP contribution in [-0.4, -0.2) is 22.8 Å². The van der Waals surface area contributed by atoms with Crippen LogP contribution in [0, 0.1) is 5.41 Å². The molecule has 0 aliphatic rings. The molecule has 0 radical (unpaired) electrons. The quantitative estimate of drug-likeness (QED) is 0.502. The van der Waals surface area contributed by atoms with Gasteiger partial charge in [0.2, 0.25) is 0 Å². The largest absolute Gasteiger partial charge is 0.481 e. The van der Waals surface area contributed by atoms with Gasteiger partial charge in [-0.05, 0) is 27.2 Å². The van der Waals surface area contributed by atoms with E-state index in [-0.39, 0.29) is 0 Å². The Hall–Kier alpha value is -0.570. The van der Waals surface area contributed by atoms with Gasteiger partial charge in [-0.2, -0.15) is 0 Å². The molecule has 0 saturated heterocycles. The van der Waals surface area contributed by atoms with Gasteiger partial charge in [-0.1, -0.05) is 71.1 Å². The van der Waals surface area contributed by atoms with Crippen molar-refractivity contribution in [1.82, 2.24) is 0 Å². The monoisotopic (exact) mass is 302 g/mol. The summed E-state index contributed by atoms with van der Waals surface area (Å²) < 4.78 is 0. The number of aliphatic hydroxyl groups is 1. The Morgan fingerprint density at radius 2 is 1.05 bits per heavy atom. The first-order valence-corrected chi connectivity index (χ1v) is 8.70. The lowest BCUT2D eigenvalue weighted by atomic mass is 9.98. The number of hydrogen-bond donors (Lipinski definition) is 2. The van der Waals surface area contributed by atoms with Gasteiger partial charge in [0.15, 0.2) is 0 Å². The van der Waals surface area contributed by atoms with Gasteiger partial charge < -0.3 is 10.2 Å². The summed E-state index contributed by atoms with van der Waals surface area (Å²) >= 11 is 0. The van der Waals surface area contributed by atoms with Crippen molar-refractivity contribution < 1.29 is 15.0 Å². The van der Waals surface area contributed by atoms with Crippen molar-refractivity contribution in [3.05, 3.63) is 0 Å². The average Bonchev–Trinajstić information content (AvgIpc) is 2.40. The zero-order valence-corrected chi connectivity index (χ0v) is 14.8. The van der Waals surface area contributed by atoms with Crippen LogP contribution in [0.25, 0.3) is 0 Å². The normalized spacial score (nSPS) is 10.9. The summed E-state index contributed by atoms with van der Waals surface area (Å²) in [5.74, 6) is -0.757. The van der Waals surface area contributed by atoms with Crippen LogP contribution in [0.4, 0.5) is 0 Å². The Labute approximate surface area is 132 Å². The fourth-order valence-corrected chi connectivity index (χ4v) is 1.78. The number of rotatable bonds is 11. The lowest BCUT2D eigenvalue weighted by Crippen LogP contribution is -2.18. The maximum Gasteiger partial charge on any atom is 0.308 e. The van der Waals surface area contributed by atoms with Gasteiger partial charge in [0.25, 0.3) is 0 Å². The van der Waals surface area contributed by atoms with Crippen molar-refractivity contribution in [3.63, 3.8) is 0 Å². The minimum atomic E-state index is -0.757. The zero-order chi connectivity index (χ0) is 16.6. The molecule has 128 valence electrons. The maximum absolute atomic E-state index is 10.0. The van der Waals surface area contributed by atoms with Crippen molar-refractivity contribution in [2.45, 2.75) is 98.3 Å². The number of hydrogen-bond acceptors (Lipinski definition) is 2. The molecule has 0 fully saturated rings. The van der Waals surface area contributed by atoms with E-state index in [1.807, 2.05) is 0 Å². The molecule has 0 amide bonds. The molecule has 0 saturated carbocycles. The summed E-state index contributed by atoms with van der Waals surface area (Å²) in [6.45, 7) is 7.62. The van der Waals surface area contributed by atoms with E-state index in [1.165, 1.54) is 64.2 Å². The molecule has 0 aromatic carbocycles. The molecule has 0 bridgehead atoms. The molecule has 0 aromatic heterocycles. The highest BCUT2D eigenvalue weighted by molar-refractivity contribution is 5.72. The molecule has 0 unspecified atom stereocenters. The highest BCUT2D eigenvalue weighted by Crippen LogP contribution is 2.11. The molecule has 3 heteroatoms. The molecule has 2 N–H and O–H groups in total. The lowest BCUT2D eigenvalue weighted by molar-refractivity contribution is -0.145. The summed E-state index contributed by atoms with van der Waals surface area (Å²) in [5, 5.41) is 16.8. The van der Waals surface area contributed by atoms with Crippen LogP contribution in [-0.2, 0) is 4.79 Å². The van der Waals surface area contributed by atoms with Crippen LogP contribution in [0.1, 0.15) is 98.3 Å². The summed E-state index contributed by atoms with van der Waals surface area (Å²) in [5.41, 5.74) is -0.583. The van der Waals surface area contributed by atoms with E-state index < -0.39 is 11.4 Å². The van der Waals surface area contributed by atoms with Gasteiger partial charge in [0.1, 0.15) is 0 Å². The summed E-state index contributed by atoms with van der Waals surface area (Å²) in [4.78, 5) is 10.0. The predicted molar refractivity (Wildman–Crippen MR) is 90.6 cm³/mol. The third kappa shape index (κ3) is 21.9. The Morgan fingerprint density at radius 3 is 1.29 bits per heavy atom. The van der Waals surface area contributed by atoms with Crippen molar-refractivity contribution in [3.8, 4) is 0 Å². The fraction of sp³-hybridized carbons (Fsp3) is 0.944. The molecule has 0 rings (SSSR count). The summed E-state index contributed by atoms with van der Waals surface area (Å²) in [6.07, 6.45) is 14.8. The third-order valence-electron chi connectivity index (χ3n) is 3.40. The smallest absolute Gasteiger partial charge is 0.308 e. The highest BCUT2D eigenvalue weighted by Gasteiger charge is 2.18. The van der Waals surface area contributed by atoms with Crippen LogP contribution in [0.15, 0.2) is 0 Å². The second-order valence-corrected chi connectivity index (χ2v) is 6.81. The van der Waals surface area contributed by atoms with Gasteiger partial charge in [-0.25, -0.2) is 0 Å². The number of aliphatic carboxylic acids is 1. The first-order valence-electron chi connectivity index (χ1n) is 8.70. The van der Waals surface area contributed by atoms with Gasteiger partial charge in [-0.3, -0.25) is 4.79 Å². The van der Waals surface area contributed by atoms with Crippen LogP contribution in [0.5, 0.6) is 0 Å². The molecule has 21 heavy (non-hydrogen) atoms. The van der Waals surface area contributed by atoms with Crippen molar-refractivity contribution in [1.29, 1.82) is 0 Å². The Bertz CT molecular complexity index is 207. The summed E-state index contributed by atoms with van der Waals surface area (Å²) in [7, 11) is 0. The topological polar surface area (TPSA) is 57.5 Å². The number of carboxylic acid groups (broad SMARTS) is 1. The van der Waals surface area contributed by atoms with E-state index in [9.17, 15) is 4.79 Å². The van der Waals surface area contributed by atoms with E-state index in [2.05, 4.69) is 6.92 Å². The van der Waals surface area contributed by atoms with E-state index >= 15 is 0 Å². The predicted octanol–water partition coefficient (Wildman–Crippen LogP) is 5.41. The fourth-order valence-electron chi connectivity index (χ4n) is 1.78. The van der Waals surface area contributed by atoms with Crippen LogP contribution in [0.3, 0.4) is 0 Å². The molecule has 0 aliphatic heterocycles. The highest BCUT2D eigenvalue weighted by atomic mass is 16.4. The van der Waals surface area contributed by atoms with Crippen molar-refractivity contribution in [2.24, 2.45) is 5.41 Å². The second-order valence-electron chi connectivity index (χ2n) is 6.81. The molecule has 0 spiro atoms. The van der Waals surface area contributed by atoms with Crippen LogP contribution < -0.4 is 0 Å².